The van der Waals surface area contributed by atoms with Gasteiger partial charge in [-0.05, 0) is 38.3 Å². The van der Waals surface area contributed by atoms with Gasteiger partial charge in [0.1, 0.15) is 5.69 Å². The van der Waals surface area contributed by atoms with E-state index in [9.17, 15) is 9.59 Å². The monoisotopic (exact) mass is 430 g/mol. The van der Waals surface area contributed by atoms with Gasteiger partial charge in [0.05, 0.1) is 17.2 Å². The first-order valence-electron chi connectivity index (χ1n) is 11.4. The molecular formula is C26H30N4O2. The van der Waals surface area contributed by atoms with Crippen LogP contribution in [0, 0.1) is 12.8 Å². The molecule has 1 N–H and O–H groups in total. The van der Waals surface area contributed by atoms with Crippen molar-refractivity contribution in [2.75, 3.05) is 19.6 Å². The van der Waals surface area contributed by atoms with E-state index in [1.54, 1.807) is 4.68 Å². The quantitative estimate of drug-likeness (QED) is 0.637. The number of benzene rings is 2. The van der Waals surface area contributed by atoms with E-state index in [0.717, 1.165) is 30.5 Å². The highest BCUT2D eigenvalue weighted by Gasteiger charge is 2.31. The molecule has 0 aliphatic carbocycles. The molecule has 2 amide bonds. The molecule has 3 aromatic rings. The number of hydrogen-bond donors (Lipinski definition) is 1. The zero-order valence-corrected chi connectivity index (χ0v) is 18.8. The summed E-state index contributed by atoms with van der Waals surface area (Å²) in [6.45, 7) is 5.85. The van der Waals surface area contributed by atoms with Crippen LogP contribution in [0.3, 0.4) is 0 Å². The summed E-state index contributed by atoms with van der Waals surface area (Å²) in [7, 11) is 0. The highest BCUT2D eigenvalue weighted by molar-refractivity contribution is 6.00. The van der Waals surface area contributed by atoms with Crippen LogP contribution in [-0.4, -0.2) is 46.1 Å². The molecule has 0 bridgehead atoms. The van der Waals surface area contributed by atoms with E-state index >= 15 is 0 Å². The second kappa shape index (κ2) is 9.81. The van der Waals surface area contributed by atoms with Crippen LogP contribution in [0.5, 0.6) is 0 Å². The van der Waals surface area contributed by atoms with E-state index in [1.165, 1.54) is 5.56 Å². The molecule has 2 heterocycles. The summed E-state index contributed by atoms with van der Waals surface area (Å²) in [6, 6.07) is 17.8. The minimum Gasteiger partial charge on any atom is -0.356 e. The van der Waals surface area contributed by atoms with E-state index in [-0.39, 0.29) is 17.7 Å². The third-order valence-electron chi connectivity index (χ3n) is 5.92. The van der Waals surface area contributed by atoms with Gasteiger partial charge in [-0.15, -0.1) is 0 Å². The Morgan fingerprint density at radius 2 is 1.84 bits per heavy atom. The minimum absolute atomic E-state index is 0.0444. The lowest BCUT2D eigenvalue weighted by Crippen LogP contribution is -2.45. The molecule has 1 saturated heterocycles. The topological polar surface area (TPSA) is 67.2 Å². The maximum atomic E-state index is 13.6. The zero-order chi connectivity index (χ0) is 22.5. The fourth-order valence-corrected chi connectivity index (χ4v) is 4.11. The average Bonchev–Trinajstić information content (AvgIpc) is 3.28. The molecule has 1 unspecified atom stereocenters. The van der Waals surface area contributed by atoms with Crippen LogP contribution in [-0.2, 0) is 4.79 Å². The first kappa shape index (κ1) is 21.8. The molecule has 4 rings (SSSR count). The fourth-order valence-electron chi connectivity index (χ4n) is 4.11. The number of piperidine rings is 1. The number of carbonyl (C=O) groups excluding carboxylic acids is 2. The molecule has 6 nitrogen and oxygen atoms in total. The van der Waals surface area contributed by atoms with Crippen molar-refractivity contribution in [1.29, 1.82) is 0 Å². The second-order valence-corrected chi connectivity index (χ2v) is 8.42. The Morgan fingerprint density at radius 3 is 2.56 bits per heavy atom. The molecule has 1 fully saturated rings. The number of nitrogens with one attached hydrogen (secondary N) is 1. The Hall–Kier alpha value is -3.41. The Labute approximate surface area is 189 Å². The Bertz CT molecular complexity index is 1070. The molecular weight excluding hydrogens is 400 g/mol. The molecule has 1 aliphatic heterocycles. The molecule has 0 radical (unpaired) electrons. The molecule has 0 saturated carbocycles. The van der Waals surface area contributed by atoms with E-state index in [1.807, 2.05) is 79.5 Å². The highest BCUT2D eigenvalue weighted by Crippen LogP contribution is 2.27. The highest BCUT2D eigenvalue weighted by atomic mass is 16.2. The maximum Gasteiger partial charge on any atom is 0.257 e. The number of nitrogens with zero attached hydrogens (tertiary/aromatic N) is 3. The largest absolute Gasteiger partial charge is 0.356 e. The zero-order valence-electron chi connectivity index (χ0n) is 18.8. The number of aromatic nitrogens is 2. The Kier molecular flexibility index (Phi) is 6.69. The fraction of sp³-hybridized carbons (Fsp3) is 0.346. The number of likely N-dealkylation sites (tertiary alicyclic amines) is 1. The summed E-state index contributed by atoms with van der Waals surface area (Å²) in [4.78, 5) is 27.9. The van der Waals surface area contributed by atoms with Crippen molar-refractivity contribution < 1.29 is 9.59 Å². The number of rotatable bonds is 6. The Balaban J connectivity index is 1.64. The molecule has 166 valence electrons. The van der Waals surface area contributed by atoms with Gasteiger partial charge in [-0.2, -0.15) is 5.10 Å². The summed E-state index contributed by atoms with van der Waals surface area (Å²) >= 11 is 0. The van der Waals surface area contributed by atoms with Crippen LogP contribution in [0.15, 0.2) is 60.8 Å². The number of aryl methyl sites for hydroxylation is 1. The van der Waals surface area contributed by atoms with Gasteiger partial charge in [0.2, 0.25) is 5.91 Å². The van der Waals surface area contributed by atoms with Crippen LogP contribution in [0.4, 0.5) is 0 Å². The van der Waals surface area contributed by atoms with Crippen LogP contribution in [0.1, 0.15) is 42.1 Å². The lowest BCUT2D eigenvalue weighted by atomic mass is 9.96. The summed E-state index contributed by atoms with van der Waals surface area (Å²) in [5.41, 5.74) is 4.19. The summed E-state index contributed by atoms with van der Waals surface area (Å²) < 4.78 is 1.77. The van der Waals surface area contributed by atoms with Gasteiger partial charge in [-0.3, -0.25) is 9.59 Å². The molecule has 1 aliphatic rings. The minimum atomic E-state index is -0.161. The smallest absolute Gasteiger partial charge is 0.257 e. The van der Waals surface area contributed by atoms with Gasteiger partial charge >= 0.3 is 0 Å². The van der Waals surface area contributed by atoms with Crippen molar-refractivity contribution in [3.63, 3.8) is 0 Å². The molecule has 1 atom stereocenters. The average molecular weight is 431 g/mol. The lowest BCUT2D eigenvalue weighted by molar-refractivity contribution is -0.126. The van der Waals surface area contributed by atoms with Crippen molar-refractivity contribution in [1.82, 2.24) is 20.0 Å². The lowest BCUT2D eigenvalue weighted by Gasteiger charge is -2.32. The second-order valence-electron chi connectivity index (χ2n) is 8.42. The normalized spacial score (nSPS) is 16.1. The molecule has 0 spiro atoms. The van der Waals surface area contributed by atoms with Crippen LogP contribution >= 0.6 is 0 Å². The molecule has 6 heteroatoms. The van der Waals surface area contributed by atoms with Gasteiger partial charge in [-0.25, -0.2) is 4.68 Å². The van der Waals surface area contributed by atoms with Crippen LogP contribution in [0.2, 0.25) is 0 Å². The third kappa shape index (κ3) is 4.74. The van der Waals surface area contributed by atoms with Crippen molar-refractivity contribution >= 4 is 11.8 Å². The van der Waals surface area contributed by atoms with E-state index in [4.69, 9.17) is 5.10 Å². The number of hydrogen-bond acceptors (Lipinski definition) is 3. The first-order chi connectivity index (χ1) is 15.6. The SMILES string of the molecule is CCCNC(=O)C1CCCN(C(=O)c2cn(-c3ccc(C)cc3)nc2-c2ccccc2)C1. The summed E-state index contributed by atoms with van der Waals surface area (Å²) in [5, 5.41) is 7.76. The van der Waals surface area contributed by atoms with Crippen molar-refractivity contribution in [3.05, 3.63) is 71.9 Å². The summed E-state index contributed by atoms with van der Waals surface area (Å²) in [5.74, 6) is -0.190. The molecule has 32 heavy (non-hydrogen) atoms. The maximum absolute atomic E-state index is 13.6. The standard InChI is InChI=1S/C26H30N4O2/c1-3-15-27-25(31)21-10-7-16-29(17-21)26(32)23-18-30(22-13-11-19(2)12-14-22)28-24(23)20-8-5-4-6-9-20/h4-6,8-9,11-14,18,21H,3,7,10,15-17H2,1-2H3,(H,27,31). The first-order valence-corrected chi connectivity index (χ1v) is 11.4. The molecule has 1 aromatic heterocycles. The number of amides is 2. The predicted molar refractivity (Wildman–Crippen MR) is 126 cm³/mol. The number of carbonyl (C=O) groups is 2. The Morgan fingerprint density at radius 1 is 1.09 bits per heavy atom. The predicted octanol–water partition coefficient (Wildman–Crippen LogP) is 4.23. The van der Waals surface area contributed by atoms with Crippen molar-refractivity contribution in [2.45, 2.75) is 33.1 Å². The van der Waals surface area contributed by atoms with E-state index in [2.05, 4.69) is 5.32 Å². The van der Waals surface area contributed by atoms with Gasteiger partial charge in [-0.1, -0.05) is 55.0 Å². The van der Waals surface area contributed by atoms with E-state index in [0.29, 0.717) is 30.9 Å². The van der Waals surface area contributed by atoms with Crippen molar-refractivity contribution in [3.8, 4) is 16.9 Å². The van der Waals surface area contributed by atoms with Gasteiger partial charge in [0, 0.05) is 31.4 Å². The van der Waals surface area contributed by atoms with Gasteiger partial charge in [0.25, 0.3) is 5.91 Å². The summed E-state index contributed by atoms with van der Waals surface area (Å²) in [6.07, 6.45) is 4.35. The third-order valence-corrected chi connectivity index (χ3v) is 5.92. The van der Waals surface area contributed by atoms with Crippen LogP contribution < -0.4 is 5.32 Å². The van der Waals surface area contributed by atoms with E-state index < -0.39 is 0 Å². The van der Waals surface area contributed by atoms with Gasteiger partial charge < -0.3 is 10.2 Å². The van der Waals surface area contributed by atoms with Gasteiger partial charge in [0.15, 0.2) is 0 Å². The molecule has 2 aromatic carbocycles. The van der Waals surface area contributed by atoms with Crippen molar-refractivity contribution in [2.24, 2.45) is 5.92 Å². The van der Waals surface area contributed by atoms with Crippen LogP contribution in [0.25, 0.3) is 16.9 Å².